The van der Waals surface area contributed by atoms with Gasteiger partial charge in [0.2, 0.25) is 5.91 Å². The molecule has 0 aromatic carbocycles. The van der Waals surface area contributed by atoms with Crippen molar-refractivity contribution in [2.45, 2.75) is 31.9 Å². The van der Waals surface area contributed by atoms with Crippen molar-refractivity contribution in [1.82, 2.24) is 4.90 Å². The highest BCUT2D eigenvalue weighted by atomic mass is 32.2. The standard InChI is InChI=1S/C14H23NO4S/c1-13(2,3)20-8-11(16)15-6-10-7-19-5-4-14(10,9-15)12(17)18/h10H,4-9H2,1-3H3,(H,17,18)/t10-,14+/m0/s1. The Labute approximate surface area is 124 Å². The van der Waals surface area contributed by atoms with E-state index in [0.717, 1.165) is 0 Å². The van der Waals surface area contributed by atoms with Crippen LogP contribution in [0.5, 0.6) is 0 Å². The summed E-state index contributed by atoms with van der Waals surface area (Å²) in [6.45, 7) is 7.98. The summed E-state index contributed by atoms with van der Waals surface area (Å²) < 4.78 is 5.43. The Morgan fingerprint density at radius 1 is 1.45 bits per heavy atom. The van der Waals surface area contributed by atoms with Gasteiger partial charge < -0.3 is 14.7 Å². The van der Waals surface area contributed by atoms with Crippen LogP contribution in [0.15, 0.2) is 0 Å². The van der Waals surface area contributed by atoms with Crippen LogP contribution < -0.4 is 0 Å². The number of hydrogen-bond donors (Lipinski definition) is 1. The third kappa shape index (κ3) is 3.11. The summed E-state index contributed by atoms with van der Waals surface area (Å²) in [6.07, 6.45) is 0.503. The number of thioether (sulfide) groups is 1. The number of hydrogen-bond acceptors (Lipinski definition) is 4. The molecule has 2 fully saturated rings. The van der Waals surface area contributed by atoms with Crippen molar-refractivity contribution >= 4 is 23.6 Å². The number of carboxylic acid groups (broad SMARTS) is 1. The molecule has 2 heterocycles. The molecule has 2 atom stereocenters. The zero-order valence-electron chi connectivity index (χ0n) is 12.3. The van der Waals surface area contributed by atoms with E-state index in [2.05, 4.69) is 20.8 Å². The molecule has 0 aliphatic carbocycles. The van der Waals surface area contributed by atoms with Gasteiger partial charge in [0.05, 0.1) is 17.8 Å². The first kappa shape index (κ1) is 15.6. The number of rotatable bonds is 3. The summed E-state index contributed by atoms with van der Waals surface area (Å²) in [5.41, 5.74) is -0.791. The lowest BCUT2D eigenvalue weighted by atomic mass is 9.74. The van der Waals surface area contributed by atoms with Crippen molar-refractivity contribution in [3.63, 3.8) is 0 Å². The van der Waals surface area contributed by atoms with Gasteiger partial charge >= 0.3 is 5.97 Å². The van der Waals surface area contributed by atoms with Gasteiger partial charge in [-0.1, -0.05) is 20.8 Å². The molecule has 0 spiro atoms. The van der Waals surface area contributed by atoms with E-state index in [1.807, 2.05) is 0 Å². The Morgan fingerprint density at radius 2 is 2.15 bits per heavy atom. The number of carbonyl (C=O) groups excluding carboxylic acids is 1. The van der Waals surface area contributed by atoms with E-state index in [-0.39, 0.29) is 16.6 Å². The van der Waals surface area contributed by atoms with E-state index in [1.54, 1.807) is 16.7 Å². The third-order valence-corrected chi connectivity index (χ3v) is 5.37. The maximum Gasteiger partial charge on any atom is 0.311 e. The summed E-state index contributed by atoms with van der Waals surface area (Å²) in [6, 6.07) is 0. The van der Waals surface area contributed by atoms with Crippen molar-refractivity contribution < 1.29 is 19.4 Å². The largest absolute Gasteiger partial charge is 0.481 e. The average Bonchev–Trinajstić information content (AvgIpc) is 2.75. The molecule has 5 nitrogen and oxygen atoms in total. The monoisotopic (exact) mass is 301 g/mol. The van der Waals surface area contributed by atoms with Crippen LogP contribution in [0.2, 0.25) is 0 Å². The summed E-state index contributed by atoms with van der Waals surface area (Å²) in [5.74, 6) is -0.408. The number of likely N-dealkylation sites (tertiary alicyclic amines) is 1. The lowest BCUT2D eigenvalue weighted by molar-refractivity contribution is -0.157. The van der Waals surface area contributed by atoms with Gasteiger partial charge in [-0.05, 0) is 6.42 Å². The molecule has 0 radical (unpaired) electrons. The predicted molar refractivity (Wildman–Crippen MR) is 77.8 cm³/mol. The van der Waals surface area contributed by atoms with Gasteiger partial charge in [0.1, 0.15) is 0 Å². The van der Waals surface area contributed by atoms with E-state index in [0.29, 0.717) is 38.5 Å². The normalized spacial score (nSPS) is 30.1. The van der Waals surface area contributed by atoms with Crippen molar-refractivity contribution in [2.75, 3.05) is 32.1 Å². The van der Waals surface area contributed by atoms with E-state index in [9.17, 15) is 14.7 Å². The van der Waals surface area contributed by atoms with Crippen LogP contribution in [-0.2, 0) is 14.3 Å². The van der Waals surface area contributed by atoms with Crippen LogP contribution in [0.1, 0.15) is 27.2 Å². The lowest BCUT2D eigenvalue weighted by Crippen LogP contribution is -2.45. The maximum absolute atomic E-state index is 12.3. The van der Waals surface area contributed by atoms with Crippen LogP contribution in [-0.4, -0.2) is 58.7 Å². The highest BCUT2D eigenvalue weighted by Crippen LogP contribution is 2.42. The average molecular weight is 301 g/mol. The zero-order valence-corrected chi connectivity index (χ0v) is 13.2. The van der Waals surface area contributed by atoms with Crippen LogP contribution in [0.4, 0.5) is 0 Å². The van der Waals surface area contributed by atoms with Crippen LogP contribution in [0.3, 0.4) is 0 Å². The molecule has 2 aliphatic heterocycles. The van der Waals surface area contributed by atoms with Crippen LogP contribution in [0, 0.1) is 11.3 Å². The third-order valence-electron chi connectivity index (χ3n) is 4.11. The van der Waals surface area contributed by atoms with Gasteiger partial charge in [-0.25, -0.2) is 0 Å². The molecule has 0 aromatic rings. The summed E-state index contributed by atoms with van der Waals surface area (Å²) in [4.78, 5) is 25.6. The highest BCUT2D eigenvalue weighted by molar-refractivity contribution is 8.01. The minimum Gasteiger partial charge on any atom is -0.481 e. The number of carbonyl (C=O) groups is 2. The molecule has 6 heteroatoms. The molecule has 0 unspecified atom stereocenters. The number of amides is 1. The summed E-state index contributed by atoms with van der Waals surface area (Å²) in [7, 11) is 0. The second kappa shape index (κ2) is 5.56. The Hall–Kier alpha value is -0.750. The van der Waals surface area contributed by atoms with Gasteiger partial charge in [0.15, 0.2) is 0 Å². The maximum atomic E-state index is 12.3. The second-order valence-corrected chi connectivity index (χ2v) is 8.46. The van der Waals surface area contributed by atoms with Gasteiger partial charge in [0, 0.05) is 30.4 Å². The molecule has 0 aromatic heterocycles. The molecule has 2 aliphatic rings. The first-order chi connectivity index (χ1) is 9.24. The Bertz CT molecular complexity index is 406. The minimum atomic E-state index is -0.791. The van der Waals surface area contributed by atoms with Gasteiger partial charge in [0.25, 0.3) is 0 Å². The fourth-order valence-corrected chi connectivity index (χ4v) is 3.60. The van der Waals surface area contributed by atoms with Crippen LogP contribution in [0.25, 0.3) is 0 Å². The molecular weight excluding hydrogens is 278 g/mol. The number of carboxylic acids is 1. The Kier molecular flexibility index (Phi) is 4.35. The molecule has 1 amide bonds. The quantitative estimate of drug-likeness (QED) is 0.855. The SMILES string of the molecule is CC(C)(C)SCC(=O)N1C[C@H]2COCC[C@@]2(C(=O)O)C1. The molecule has 1 N–H and O–H groups in total. The van der Waals surface area contributed by atoms with Gasteiger partial charge in [-0.15, -0.1) is 11.8 Å². The number of aliphatic carboxylic acids is 1. The second-order valence-electron chi connectivity index (χ2n) is 6.66. The first-order valence-electron chi connectivity index (χ1n) is 6.97. The Balaban J connectivity index is 2.02. The Morgan fingerprint density at radius 3 is 2.70 bits per heavy atom. The lowest BCUT2D eigenvalue weighted by Gasteiger charge is -2.33. The van der Waals surface area contributed by atoms with Gasteiger partial charge in [-0.2, -0.15) is 0 Å². The molecule has 114 valence electrons. The van der Waals surface area contributed by atoms with Crippen molar-refractivity contribution in [2.24, 2.45) is 11.3 Å². The zero-order chi connectivity index (χ0) is 15.0. The van der Waals surface area contributed by atoms with Crippen molar-refractivity contribution in [3.8, 4) is 0 Å². The van der Waals surface area contributed by atoms with E-state index in [4.69, 9.17) is 4.74 Å². The fourth-order valence-electron chi connectivity index (χ4n) is 2.86. The minimum absolute atomic E-state index is 0.0374. The predicted octanol–water partition coefficient (Wildman–Crippen LogP) is 1.47. The number of nitrogens with zero attached hydrogens (tertiary/aromatic N) is 1. The molecule has 2 rings (SSSR count). The molecule has 0 bridgehead atoms. The summed E-state index contributed by atoms with van der Waals surface area (Å²) in [5, 5.41) is 9.56. The van der Waals surface area contributed by atoms with Crippen LogP contribution >= 0.6 is 11.8 Å². The van der Waals surface area contributed by atoms with E-state index >= 15 is 0 Å². The van der Waals surface area contributed by atoms with E-state index in [1.165, 1.54) is 0 Å². The number of fused-ring (bicyclic) bond motifs is 1. The highest BCUT2D eigenvalue weighted by Gasteiger charge is 2.54. The van der Waals surface area contributed by atoms with Crippen molar-refractivity contribution in [1.29, 1.82) is 0 Å². The van der Waals surface area contributed by atoms with Crippen molar-refractivity contribution in [3.05, 3.63) is 0 Å². The first-order valence-corrected chi connectivity index (χ1v) is 7.96. The fraction of sp³-hybridized carbons (Fsp3) is 0.857. The smallest absolute Gasteiger partial charge is 0.311 e. The topological polar surface area (TPSA) is 66.8 Å². The van der Waals surface area contributed by atoms with Gasteiger partial charge in [-0.3, -0.25) is 9.59 Å². The number of ether oxygens (including phenoxy) is 1. The molecular formula is C14H23NO4S. The molecule has 0 saturated carbocycles. The molecule has 2 saturated heterocycles. The molecule has 20 heavy (non-hydrogen) atoms. The van der Waals surface area contributed by atoms with E-state index < -0.39 is 11.4 Å². The summed E-state index contributed by atoms with van der Waals surface area (Å²) >= 11 is 1.60.